The highest BCUT2D eigenvalue weighted by Crippen LogP contribution is 2.32. The van der Waals surface area contributed by atoms with E-state index in [0.717, 1.165) is 5.92 Å². The Kier molecular flexibility index (Phi) is 2.20. The molecule has 1 aromatic rings. The van der Waals surface area contributed by atoms with Gasteiger partial charge >= 0.3 is 0 Å². The Labute approximate surface area is 77.8 Å². The predicted molar refractivity (Wildman–Crippen MR) is 53.6 cm³/mol. The molecule has 66 valence electrons. The maximum atomic E-state index is 3.55. The summed E-state index contributed by atoms with van der Waals surface area (Å²) in [5.74, 6) is 0.808. The quantitative estimate of drug-likeness (QED) is 0.702. The summed E-state index contributed by atoms with van der Waals surface area (Å²) in [6, 6.07) is 5.11. The molecule has 0 spiro atoms. The van der Waals surface area contributed by atoms with E-state index in [1.807, 2.05) is 11.3 Å². The van der Waals surface area contributed by atoms with Gasteiger partial charge in [0.1, 0.15) is 0 Å². The fourth-order valence-electron chi connectivity index (χ4n) is 1.84. The molecule has 1 nitrogen and oxygen atoms in total. The van der Waals surface area contributed by atoms with Crippen LogP contribution in [-0.2, 0) is 0 Å². The smallest absolute Gasteiger partial charge is 0.0441 e. The molecule has 0 aliphatic carbocycles. The first-order valence-electron chi connectivity index (χ1n) is 4.57. The summed E-state index contributed by atoms with van der Waals surface area (Å²) in [6.07, 6.45) is 1.32. The average Bonchev–Trinajstić information content (AvgIpc) is 2.58. The molecule has 0 unspecified atom stereocenters. The molecule has 1 aliphatic heterocycles. The molecule has 2 atom stereocenters. The van der Waals surface area contributed by atoms with Gasteiger partial charge in [-0.15, -0.1) is 11.3 Å². The molecule has 0 aromatic carbocycles. The third kappa shape index (κ3) is 1.41. The van der Waals surface area contributed by atoms with Crippen LogP contribution in [0.25, 0.3) is 0 Å². The molecular weight excluding hydrogens is 166 g/mol. The van der Waals surface area contributed by atoms with Crippen molar-refractivity contribution in [2.75, 3.05) is 6.54 Å². The van der Waals surface area contributed by atoms with Crippen LogP contribution in [0.4, 0.5) is 0 Å². The number of rotatable bonds is 1. The topological polar surface area (TPSA) is 12.0 Å². The number of hydrogen-bond donors (Lipinski definition) is 1. The van der Waals surface area contributed by atoms with Crippen molar-refractivity contribution in [3.63, 3.8) is 0 Å². The van der Waals surface area contributed by atoms with Crippen LogP contribution in [0.3, 0.4) is 0 Å². The van der Waals surface area contributed by atoms with E-state index >= 15 is 0 Å². The summed E-state index contributed by atoms with van der Waals surface area (Å²) in [5, 5.41) is 3.55. The average molecular weight is 181 g/mol. The lowest BCUT2D eigenvalue weighted by atomic mass is 10.0. The van der Waals surface area contributed by atoms with E-state index in [2.05, 4.69) is 31.3 Å². The molecular formula is C10H15NS. The molecule has 2 heterocycles. The molecule has 1 saturated heterocycles. The highest BCUT2D eigenvalue weighted by molar-refractivity contribution is 7.12. The van der Waals surface area contributed by atoms with Crippen LogP contribution in [0.5, 0.6) is 0 Å². The van der Waals surface area contributed by atoms with Crippen LogP contribution in [0.1, 0.15) is 29.1 Å². The molecule has 0 bridgehead atoms. The van der Waals surface area contributed by atoms with Crippen LogP contribution in [0, 0.1) is 12.8 Å². The Hall–Kier alpha value is -0.340. The second-order valence-electron chi connectivity index (χ2n) is 3.65. The lowest BCUT2D eigenvalue weighted by molar-refractivity contribution is 0.511. The normalized spacial score (nSPS) is 29.5. The van der Waals surface area contributed by atoms with E-state index in [1.54, 1.807) is 0 Å². The number of aryl methyl sites for hydroxylation is 1. The summed E-state index contributed by atoms with van der Waals surface area (Å²) >= 11 is 1.93. The maximum Gasteiger partial charge on any atom is 0.0441 e. The largest absolute Gasteiger partial charge is 0.309 e. The van der Waals surface area contributed by atoms with E-state index in [9.17, 15) is 0 Å². The summed E-state index contributed by atoms with van der Waals surface area (Å²) in [7, 11) is 0. The van der Waals surface area contributed by atoms with Gasteiger partial charge in [-0.25, -0.2) is 0 Å². The maximum absolute atomic E-state index is 3.55. The van der Waals surface area contributed by atoms with Gasteiger partial charge in [0, 0.05) is 15.8 Å². The van der Waals surface area contributed by atoms with Gasteiger partial charge < -0.3 is 5.32 Å². The third-order valence-corrected chi connectivity index (χ3v) is 3.68. The lowest BCUT2D eigenvalue weighted by Crippen LogP contribution is -2.14. The zero-order chi connectivity index (χ0) is 8.55. The molecule has 12 heavy (non-hydrogen) atoms. The van der Waals surface area contributed by atoms with Crippen LogP contribution in [-0.4, -0.2) is 6.54 Å². The summed E-state index contributed by atoms with van der Waals surface area (Å²) in [4.78, 5) is 2.93. The second kappa shape index (κ2) is 3.19. The highest BCUT2D eigenvalue weighted by Gasteiger charge is 2.24. The zero-order valence-electron chi connectivity index (χ0n) is 7.63. The molecule has 1 N–H and O–H groups in total. The van der Waals surface area contributed by atoms with Crippen molar-refractivity contribution in [2.45, 2.75) is 26.3 Å². The van der Waals surface area contributed by atoms with Crippen molar-refractivity contribution in [1.82, 2.24) is 5.32 Å². The van der Waals surface area contributed by atoms with Crippen molar-refractivity contribution in [3.05, 3.63) is 21.9 Å². The summed E-state index contributed by atoms with van der Waals surface area (Å²) in [6.45, 7) is 5.69. The molecule has 2 heteroatoms. The molecule has 0 radical (unpaired) electrons. The Morgan fingerprint density at radius 3 is 2.83 bits per heavy atom. The molecule has 1 aliphatic rings. The van der Waals surface area contributed by atoms with Crippen molar-refractivity contribution < 1.29 is 0 Å². The fourth-order valence-corrected chi connectivity index (χ4v) is 2.92. The lowest BCUT2D eigenvalue weighted by Gasteiger charge is -2.12. The first kappa shape index (κ1) is 8.27. The SMILES string of the molecule is Cc1ccc([C@H]2NCC[C@@H]2C)s1. The van der Waals surface area contributed by atoms with Gasteiger partial charge in [-0.05, 0) is 37.9 Å². The van der Waals surface area contributed by atoms with E-state index in [-0.39, 0.29) is 0 Å². The second-order valence-corrected chi connectivity index (χ2v) is 4.97. The van der Waals surface area contributed by atoms with Crippen LogP contribution in [0.15, 0.2) is 12.1 Å². The number of thiophene rings is 1. The van der Waals surface area contributed by atoms with Crippen LogP contribution < -0.4 is 5.32 Å². The van der Waals surface area contributed by atoms with Gasteiger partial charge in [-0.3, -0.25) is 0 Å². The van der Waals surface area contributed by atoms with Gasteiger partial charge in [-0.2, -0.15) is 0 Å². The number of nitrogens with one attached hydrogen (secondary N) is 1. The van der Waals surface area contributed by atoms with E-state index in [4.69, 9.17) is 0 Å². The molecule has 0 saturated carbocycles. The minimum absolute atomic E-state index is 0.628. The monoisotopic (exact) mass is 181 g/mol. The first-order chi connectivity index (χ1) is 5.77. The Morgan fingerprint density at radius 1 is 1.50 bits per heavy atom. The zero-order valence-corrected chi connectivity index (χ0v) is 8.45. The standard InChI is InChI=1S/C10H15NS/c1-7-5-6-11-10(7)9-4-3-8(2)12-9/h3-4,7,10-11H,5-6H2,1-2H3/t7-,10-/m0/s1. The van der Waals surface area contributed by atoms with Gasteiger partial charge in [0.15, 0.2) is 0 Å². The first-order valence-corrected chi connectivity index (χ1v) is 5.39. The molecule has 1 fully saturated rings. The highest BCUT2D eigenvalue weighted by atomic mass is 32.1. The van der Waals surface area contributed by atoms with Crippen LogP contribution >= 0.6 is 11.3 Å². The number of hydrogen-bond acceptors (Lipinski definition) is 2. The third-order valence-electron chi connectivity index (χ3n) is 2.60. The van der Waals surface area contributed by atoms with Gasteiger partial charge in [-0.1, -0.05) is 6.92 Å². The molecule has 0 amide bonds. The van der Waals surface area contributed by atoms with Gasteiger partial charge in [0.25, 0.3) is 0 Å². The van der Waals surface area contributed by atoms with Gasteiger partial charge in [0.2, 0.25) is 0 Å². The molecule has 2 rings (SSSR count). The Balaban J connectivity index is 2.19. The fraction of sp³-hybridized carbons (Fsp3) is 0.600. The minimum atomic E-state index is 0.628. The van der Waals surface area contributed by atoms with Crippen molar-refractivity contribution in [1.29, 1.82) is 0 Å². The van der Waals surface area contributed by atoms with Crippen molar-refractivity contribution in [2.24, 2.45) is 5.92 Å². The van der Waals surface area contributed by atoms with E-state index in [0.29, 0.717) is 6.04 Å². The van der Waals surface area contributed by atoms with Crippen molar-refractivity contribution >= 4 is 11.3 Å². The van der Waals surface area contributed by atoms with Crippen LogP contribution in [0.2, 0.25) is 0 Å². The summed E-state index contributed by atoms with van der Waals surface area (Å²) in [5.41, 5.74) is 0. The van der Waals surface area contributed by atoms with E-state index < -0.39 is 0 Å². The van der Waals surface area contributed by atoms with Gasteiger partial charge in [0.05, 0.1) is 0 Å². The summed E-state index contributed by atoms with van der Waals surface area (Å²) < 4.78 is 0. The van der Waals surface area contributed by atoms with Crippen molar-refractivity contribution in [3.8, 4) is 0 Å². The molecule has 1 aromatic heterocycles. The van der Waals surface area contributed by atoms with E-state index in [1.165, 1.54) is 22.7 Å². The predicted octanol–water partition coefficient (Wildman–Crippen LogP) is 2.73. The Bertz CT molecular complexity index is 267. The minimum Gasteiger partial charge on any atom is -0.309 e. The Morgan fingerprint density at radius 2 is 2.33 bits per heavy atom.